The van der Waals surface area contributed by atoms with Crippen LogP contribution in [0, 0.1) is 0 Å². The summed E-state index contributed by atoms with van der Waals surface area (Å²) in [6.07, 6.45) is 1.16. The Morgan fingerprint density at radius 3 is 2.78 bits per heavy atom. The van der Waals surface area contributed by atoms with Gasteiger partial charge in [0.2, 0.25) is 0 Å². The van der Waals surface area contributed by atoms with E-state index in [1.807, 2.05) is 26.0 Å². The van der Waals surface area contributed by atoms with Gasteiger partial charge in [-0.15, -0.1) is 11.3 Å². The van der Waals surface area contributed by atoms with Crippen LogP contribution in [0.5, 0.6) is 0 Å². The fourth-order valence-corrected chi connectivity index (χ4v) is 3.01. The molecule has 0 aliphatic rings. The van der Waals surface area contributed by atoms with Gasteiger partial charge in [-0.1, -0.05) is 18.2 Å². The van der Waals surface area contributed by atoms with Crippen molar-refractivity contribution in [2.45, 2.75) is 38.4 Å². The zero-order chi connectivity index (χ0) is 13.2. The molecule has 0 saturated carbocycles. The van der Waals surface area contributed by atoms with Gasteiger partial charge in [-0.05, 0) is 49.1 Å². The van der Waals surface area contributed by atoms with E-state index in [4.69, 9.17) is 4.74 Å². The summed E-state index contributed by atoms with van der Waals surface area (Å²) >= 11 is 1.69. The predicted octanol–water partition coefficient (Wildman–Crippen LogP) is 4.14. The van der Waals surface area contributed by atoms with E-state index in [9.17, 15) is 5.11 Å². The zero-order valence-corrected chi connectivity index (χ0v) is 12.0. The van der Waals surface area contributed by atoms with Gasteiger partial charge >= 0.3 is 0 Å². The molecule has 1 N–H and O–H groups in total. The number of aliphatic hydroxyl groups excluding tert-OH is 1. The Labute approximate surface area is 112 Å². The van der Waals surface area contributed by atoms with Gasteiger partial charge in [-0.25, -0.2) is 0 Å². The van der Waals surface area contributed by atoms with E-state index < -0.39 is 6.10 Å². The summed E-state index contributed by atoms with van der Waals surface area (Å²) in [5.41, 5.74) is 0.870. The van der Waals surface area contributed by atoms with Crippen LogP contribution in [0.15, 0.2) is 29.6 Å². The molecule has 0 bridgehead atoms. The van der Waals surface area contributed by atoms with Gasteiger partial charge in [0.25, 0.3) is 0 Å². The van der Waals surface area contributed by atoms with Crippen molar-refractivity contribution in [2.24, 2.45) is 0 Å². The second-order valence-corrected chi connectivity index (χ2v) is 6.12. The summed E-state index contributed by atoms with van der Waals surface area (Å²) in [5.74, 6) is 0. The Morgan fingerprint density at radius 1 is 1.33 bits per heavy atom. The Balaban J connectivity index is 2.12. The van der Waals surface area contributed by atoms with Gasteiger partial charge in [-0.2, -0.15) is 0 Å². The van der Waals surface area contributed by atoms with Crippen molar-refractivity contribution in [3.8, 4) is 0 Å². The number of aliphatic hydroxyl groups is 1. The number of ether oxygens (including phenoxy) is 1. The van der Waals surface area contributed by atoms with E-state index in [1.165, 1.54) is 10.1 Å². The third-order valence-electron chi connectivity index (χ3n) is 3.44. The molecule has 1 aromatic heterocycles. The van der Waals surface area contributed by atoms with Crippen LogP contribution in [0.1, 0.15) is 38.4 Å². The van der Waals surface area contributed by atoms with Gasteiger partial charge in [0.1, 0.15) is 0 Å². The van der Waals surface area contributed by atoms with E-state index in [1.54, 1.807) is 18.4 Å². The molecule has 0 fully saturated rings. The minimum atomic E-state index is -0.407. The number of rotatable bonds is 5. The van der Waals surface area contributed by atoms with E-state index in [0.717, 1.165) is 18.4 Å². The first kappa shape index (κ1) is 13.5. The second-order valence-electron chi connectivity index (χ2n) is 5.21. The molecular weight excluding hydrogens is 244 g/mol. The van der Waals surface area contributed by atoms with Crippen molar-refractivity contribution in [1.82, 2.24) is 0 Å². The van der Waals surface area contributed by atoms with Crippen LogP contribution in [-0.4, -0.2) is 17.8 Å². The number of fused-ring (bicyclic) bond motifs is 1. The fourth-order valence-electron chi connectivity index (χ4n) is 2.00. The molecule has 3 heteroatoms. The predicted molar refractivity (Wildman–Crippen MR) is 77.1 cm³/mol. The molecule has 2 aromatic rings. The lowest BCUT2D eigenvalue weighted by molar-refractivity contribution is 0.00294. The highest BCUT2D eigenvalue weighted by Gasteiger charge is 2.20. The molecule has 98 valence electrons. The molecule has 18 heavy (non-hydrogen) atoms. The van der Waals surface area contributed by atoms with Crippen LogP contribution >= 0.6 is 11.3 Å². The quantitative estimate of drug-likeness (QED) is 0.879. The van der Waals surface area contributed by atoms with Crippen LogP contribution in [0.2, 0.25) is 0 Å². The summed E-state index contributed by atoms with van der Waals surface area (Å²) in [6.45, 7) is 4.09. The lowest BCUT2D eigenvalue weighted by atomic mass is 9.96. The minimum Gasteiger partial charge on any atom is -0.388 e. The maximum atomic E-state index is 10.3. The number of benzene rings is 1. The van der Waals surface area contributed by atoms with E-state index in [2.05, 4.69) is 17.5 Å². The molecule has 1 aromatic carbocycles. The van der Waals surface area contributed by atoms with Gasteiger partial charge in [-0.3, -0.25) is 0 Å². The van der Waals surface area contributed by atoms with Crippen molar-refractivity contribution < 1.29 is 9.84 Å². The molecule has 0 saturated heterocycles. The Hall–Kier alpha value is -0.900. The molecular formula is C15H20O2S. The fraction of sp³-hybridized carbons (Fsp3) is 0.467. The summed E-state index contributed by atoms with van der Waals surface area (Å²) in [5, 5.41) is 13.6. The first-order chi connectivity index (χ1) is 8.53. The number of methoxy groups -OCH3 is 1. The highest BCUT2D eigenvalue weighted by molar-refractivity contribution is 7.17. The third-order valence-corrected chi connectivity index (χ3v) is 4.42. The summed E-state index contributed by atoms with van der Waals surface area (Å²) in [4.78, 5) is 0. The van der Waals surface area contributed by atoms with Crippen LogP contribution in [0.25, 0.3) is 10.1 Å². The highest BCUT2D eigenvalue weighted by Crippen LogP contribution is 2.33. The summed E-state index contributed by atoms with van der Waals surface area (Å²) in [6, 6.07) is 8.22. The Morgan fingerprint density at radius 2 is 2.06 bits per heavy atom. The highest BCUT2D eigenvalue weighted by atomic mass is 32.1. The van der Waals surface area contributed by atoms with Crippen molar-refractivity contribution >= 4 is 21.4 Å². The van der Waals surface area contributed by atoms with Gasteiger partial charge in [0, 0.05) is 11.8 Å². The maximum Gasteiger partial charge on any atom is 0.0805 e. The van der Waals surface area contributed by atoms with Crippen LogP contribution in [0.4, 0.5) is 0 Å². The van der Waals surface area contributed by atoms with Crippen LogP contribution in [0.3, 0.4) is 0 Å². The first-order valence-electron chi connectivity index (χ1n) is 6.23. The topological polar surface area (TPSA) is 29.5 Å². The Kier molecular flexibility index (Phi) is 4.05. The van der Waals surface area contributed by atoms with Crippen LogP contribution in [-0.2, 0) is 4.74 Å². The molecule has 0 amide bonds. The van der Waals surface area contributed by atoms with E-state index >= 15 is 0 Å². The lowest BCUT2D eigenvalue weighted by Gasteiger charge is -2.24. The second kappa shape index (κ2) is 5.39. The van der Waals surface area contributed by atoms with Crippen molar-refractivity contribution in [3.63, 3.8) is 0 Å². The Bertz CT molecular complexity index is 516. The zero-order valence-electron chi connectivity index (χ0n) is 11.1. The standard InChI is InChI=1S/C15H20O2S/c1-15(2,17-3)9-8-13(16)12-10-18-14-7-5-4-6-11(12)14/h4-7,10,13,16H,8-9H2,1-3H3. The first-order valence-corrected chi connectivity index (χ1v) is 7.11. The van der Waals surface area contributed by atoms with E-state index in [-0.39, 0.29) is 5.60 Å². The van der Waals surface area contributed by atoms with Crippen molar-refractivity contribution in [2.75, 3.05) is 7.11 Å². The normalized spacial score (nSPS) is 14.0. The van der Waals surface area contributed by atoms with Crippen molar-refractivity contribution in [1.29, 1.82) is 0 Å². The van der Waals surface area contributed by atoms with E-state index in [0.29, 0.717) is 0 Å². The maximum absolute atomic E-state index is 10.3. The number of thiophene rings is 1. The smallest absolute Gasteiger partial charge is 0.0805 e. The summed E-state index contributed by atoms with van der Waals surface area (Å²) in [7, 11) is 1.71. The van der Waals surface area contributed by atoms with Gasteiger partial charge in [0.15, 0.2) is 0 Å². The third kappa shape index (κ3) is 2.91. The van der Waals surface area contributed by atoms with Crippen molar-refractivity contribution in [3.05, 3.63) is 35.2 Å². The SMILES string of the molecule is COC(C)(C)CCC(O)c1csc2ccccc12. The lowest BCUT2D eigenvalue weighted by Crippen LogP contribution is -2.23. The largest absolute Gasteiger partial charge is 0.388 e. The molecule has 0 aliphatic carbocycles. The molecule has 1 heterocycles. The molecule has 0 spiro atoms. The molecule has 1 atom stereocenters. The average molecular weight is 264 g/mol. The number of hydrogen-bond acceptors (Lipinski definition) is 3. The molecule has 1 unspecified atom stereocenters. The molecule has 2 rings (SSSR count). The number of hydrogen-bond donors (Lipinski definition) is 1. The van der Waals surface area contributed by atoms with Crippen LogP contribution < -0.4 is 0 Å². The average Bonchev–Trinajstić information content (AvgIpc) is 2.80. The van der Waals surface area contributed by atoms with Gasteiger partial charge in [0.05, 0.1) is 11.7 Å². The van der Waals surface area contributed by atoms with Gasteiger partial charge < -0.3 is 9.84 Å². The monoisotopic (exact) mass is 264 g/mol. The minimum absolute atomic E-state index is 0.174. The molecule has 0 radical (unpaired) electrons. The summed E-state index contributed by atoms with van der Waals surface area (Å²) < 4.78 is 6.62. The molecule has 2 nitrogen and oxygen atoms in total. The molecule has 0 aliphatic heterocycles.